The number of hydrogen-bond donors (Lipinski definition) is 1. The number of rotatable bonds is 6. The standard InChI is InChI=1S/C23H19N3O3/c27-22(29-16-17-6-10-21(11-7-17)26-13-3-12-25-26)15-24-23(28)20-9-8-18-4-1-2-5-19(18)14-20/h1-14H,15-16H2,(H,24,28). The van der Waals surface area contributed by atoms with E-state index < -0.39 is 5.97 Å². The topological polar surface area (TPSA) is 73.2 Å². The van der Waals surface area contributed by atoms with Crippen LogP contribution in [0.5, 0.6) is 0 Å². The summed E-state index contributed by atoms with van der Waals surface area (Å²) >= 11 is 0. The molecule has 0 unspecified atom stereocenters. The highest BCUT2D eigenvalue weighted by atomic mass is 16.5. The summed E-state index contributed by atoms with van der Waals surface area (Å²) in [5.41, 5.74) is 2.29. The van der Waals surface area contributed by atoms with Crippen LogP contribution in [0.1, 0.15) is 15.9 Å². The van der Waals surface area contributed by atoms with E-state index >= 15 is 0 Å². The maximum absolute atomic E-state index is 12.3. The van der Waals surface area contributed by atoms with Gasteiger partial charge in [-0.05, 0) is 46.7 Å². The van der Waals surface area contributed by atoms with Crippen LogP contribution in [0.15, 0.2) is 85.2 Å². The van der Waals surface area contributed by atoms with Gasteiger partial charge in [-0.1, -0.05) is 42.5 Å². The molecule has 0 atom stereocenters. The third-order valence-corrected chi connectivity index (χ3v) is 4.51. The Bertz CT molecular complexity index is 1140. The molecule has 1 N–H and O–H groups in total. The average molecular weight is 385 g/mol. The second-order valence-corrected chi connectivity index (χ2v) is 6.52. The summed E-state index contributed by atoms with van der Waals surface area (Å²) in [7, 11) is 0. The molecule has 4 aromatic rings. The second kappa shape index (κ2) is 8.39. The molecule has 4 rings (SSSR count). The van der Waals surface area contributed by atoms with Crippen LogP contribution in [0.25, 0.3) is 16.5 Å². The van der Waals surface area contributed by atoms with E-state index in [4.69, 9.17) is 4.74 Å². The van der Waals surface area contributed by atoms with E-state index in [2.05, 4.69) is 10.4 Å². The fourth-order valence-electron chi connectivity index (χ4n) is 2.97. The lowest BCUT2D eigenvalue weighted by atomic mass is 10.1. The van der Waals surface area contributed by atoms with Crippen LogP contribution >= 0.6 is 0 Å². The van der Waals surface area contributed by atoms with Crippen molar-refractivity contribution in [1.29, 1.82) is 0 Å². The van der Waals surface area contributed by atoms with Gasteiger partial charge in [0.1, 0.15) is 13.2 Å². The lowest BCUT2D eigenvalue weighted by Gasteiger charge is -2.08. The van der Waals surface area contributed by atoms with Gasteiger partial charge in [-0.25, -0.2) is 4.68 Å². The SMILES string of the molecule is O=C(CNC(=O)c1ccc2ccccc2c1)OCc1ccc(-n2cccn2)cc1. The molecule has 0 saturated carbocycles. The van der Waals surface area contributed by atoms with Crippen molar-refractivity contribution in [3.05, 3.63) is 96.3 Å². The number of aromatic nitrogens is 2. The summed E-state index contributed by atoms with van der Waals surface area (Å²) in [5.74, 6) is -0.799. The number of fused-ring (bicyclic) bond motifs is 1. The van der Waals surface area contributed by atoms with Gasteiger partial charge in [0, 0.05) is 18.0 Å². The van der Waals surface area contributed by atoms with Gasteiger partial charge in [0.25, 0.3) is 5.91 Å². The van der Waals surface area contributed by atoms with Crippen molar-refractivity contribution in [3.8, 4) is 5.69 Å². The molecule has 6 nitrogen and oxygen atoms in total. The Labute approximate surface area is 167 Å². The molecule has 0 aliphatic heterocycles. The Morgan fingerprint density at radius 3 is 2.48 bits per heavy atom. The van der Waals surface area contributed by atoms with Crippen LogP contribution in [0.4, 0.5) is 0 Å². The summed E-state index contributed by atoms with van der Waals surface area (Å²) in [5, 5.41) is 8.80. The minimum absolute atomic E-state index is 0.143. The first-order chi connectivity index (χ1) is 14.2. The molecule has 1 aromatic heterocycles. The van der Waals surface area contributed by atoms with Crippen LogP contribution in [-0.2, 0) is 16.1 Å². The van der Waals surface area contributed by atoms with Gasteiger partial charge in [0.05, 0.1) is 5.69 Å². The van der Waals surface area contributed by atoms with Gasteiger partial charge in [0.2, 0.25) is 0 Å². The zero-order valence-corrected chi connectivity index (χ0v) is 15.6. The highest BCUT2D eigenvalue weighted by Crippen LogP contribution is 2.15. The van der Waals surface area contributed by atoms with E-state index in [9.17, 15) is 9.59 Å². The predicted octanol–water partition coefficient (Wildman–Crippen LogP) is 3.50. The summed E-state index contributed by atoms with van der Waals surface area (Å²) in [6.45, 7) is -0.0406. The number of benzene rings is 3. The number of nitrogens with one attached hydrogen (secondary N) is 1. The van der Waals surface area contributed by atoms with Gasteiger partial charge >= 0.3 is 5.97 Å². The van der Waals surface area contributed by atoms with Gasteiger partial charge < -0.3 is 10.1 Å². The Balaban J connectivity index is 1.27. The van der Waals surface area contributed by atoms with Crippen molar-refractivity contribution in [1.82, 2.24) is 15.1 Å². The van der Waals surface area contributed by atoms with Gasteiger partial charge in [0.15, 0.2) is 0 Å². The first-order valence-electron chi connectivity index (χ1n) is 9.21. The molecule has 0 radical (unpaired) electrons. The molecule has 0 aliphatic carbocycles. The Morgan fingerprint density at radius 2 is 1.72 bits per heavy atom. The number of nitrogens with zero attached hydrogens (tertiary/aromatic N) is 2. The monoisotopic (exact) mass is 385 g/mol. The molecule has 0 fully saturated rings. The maximum Gasteiger partial charge on any atom is 0.325 e. The number of carbonyl (C=O) groups excluding carboxylic acids is 2. The Morgan fingerprint density at radius 1 is 0.931 bits per heavy atom. The van der Waals surface area contributed by atoms with E-state index in [1.54, 1.807) is 23.0 Å². The molecule has 1 amide bonds. The summed E-state index contributed by atoms with van der Waals surface area (Å²) < 4.78 is 6.99. The molecule has 1 heterocycles. The largest absolute Gasteiger partial charge is 0.460 e. The van der Waals surface area contributed by atoms with E-state index in [0.717, 1.165) is 22.0 Å². The molecular formula is C23H19N3O3. The molecule has 0 spiro atoms. The highest BCUT2D eigenvalue weighted by molar-refractivity contribution is 5.99. The lowest BCUT2D eigenvalue weighted by Crippen LogP contribution is -2.30. The molecule has 0 saturated heterocycles. The predicted molar refractivity (Wildman–Crippen MR) is 110 cm³/mol. The number of ether oxygens (including phenoxy) is 1. The van der Waals surface area contributed by atoms with Gasteiger partial charge in [-0.15, -0.1) is 0 Å². The molecular weight excluding hydrogens is 366 g/mol. The Hall–Kier alpha value is -3.93. The van der Waals surface area contributed by atoms with Crippen molar-refractivity contribution < 1.29 is 14.3 Å². The minimum Gasteiger partial charge on any atom is -0.460 e. The number of hydrogen-bond acceptors (Lipinski definition) is 4. The minimum atomic E-state index is -0.490. The zero-order chi connectivity index (χ0) is 20.1. The number of amides is 1. The van der Waals surface area contributed by atoms with Gasteiger partial charge in [-0.2, -0.15) is 5.10 Å². The van der Waals surface area contributed by atoms with E-state index in [1.807, 2.05) is 66.9 Å². The molecule has 144 valence electrons. The van der Waals surface area contributed by atoms with Crippen LogP contribution in [0, 0.1) is 0 Å². The van der Waals surface area contributed by atoms with Crippen LogP contribution in [0.3, 0.4) is 0 Å². The van der Waals surface area contributed by atoms with Crippen molar-refractivity contribution in [2.45, 2.75) is 6.61 Å². The third-order valence-electron chi connectivity index (χ3n) is 4.51. The first-order valence-corrected chi connectivity index (χ1v) is 9.21. The van der Waals surface area contributed by atoms with E-state index in [-0.39, 0.29) is 19.1 Å². The van der Waals surface area contributed by atoms with Gasteiger partial charge in [-0.3, -0.25) is 9.59 Å². The lowest BCUT2D eigenvalue weighted by molar-refractivity contribution is -0.143. The molecule has 6 heteroatoms. The smallest absolute Gasteiger partial charge is 0.325 e. The summed E-state index contributed by atoms with van der Waals surface area (Å²) in [4.78, 5) is 24.3. The Kier molecular flexibility index (Phi) is 5.33. The number of carbonyl (C=O) groups is 2. The summed E-state index contributed by atoms with van der Waals surface area (Å²) in [6.07, 6.45) is 3.56. The zero-order valence-electron chi connectivity index (χ0n) is 15.6. The molecule has 0 bridgehead atoms. The quantitative estimate of drug-likeness (QED) is 0.516. The normalized spacial score (nSPS) is 10.6. The van der Waals surface area contributed by atoms with Crippen LogP contribution in [-0.4, -0.2) is 28.2 Å². The second-order valence-electron chi connectivity index (χ2n) is 6.52. The van der Waals surface area contributed by atoms with Crippen molar-refractivity contribution in [3.63, 3.8) is 0 Å². The molecule has 3 aromatic carbocycles. The summed E-state index contributed by atoms with van der Waals surface area (Å²) in [6, 6.07) is 22.6. The molecule has 0 aliphatic rings. The van der Waals surface area contributed by atoms with Crippen molar-refractivity contribution >= 4 is 22.6 Å². The fourth-order valence-corrected chi connectivity index (χ4v) is 2.97. The number of esters is 1. The first kappa shape index (κ1) is 18.4. The fraction of sp³-hybridized carbons (Fsp3) is 0.0870. The third kappa shape index (κ3) is 4.50. The van der Waals surface area contributed by atoms with Crippen LogP contribution < -0.4 is 5.32 Å². The maximum atomic E-state index is 12.3. The van der Waals surface area contributed by atoms with Crippen molar-refractivity contribution in [2.75, 3.05) is 6.54 Å². The van der Waals surface area contributed by atoms with Crippen molar-refractivity contribution in [2.24, 2.45) is 0 Å². The van der Waals surface area contributed by atoms with E-state index in [0.29, 0.717) is 5.56 Å². The average Bonchev–Trinajstić information content (AvgIpc) is 3.31. The van der Waals surface area contributed by atoms with E-state index in [1.165, 1.54) is 0 Å². The molecule has 29 heavy (non-hydrogen) atoms. The highest BCUT2D eigenvalue weighted by Gasteiger charge is 2.10. The van der Waals surface area contributed by atoms with Crippen LogP contribution in [0.2, 0.25) is 0 Å².